The lowest BCUT2D eigenvalue weighted by molar-refractivity contribution is -0.126. The normalized spacial score (nSPS) is 22.3. The van der Waals surface area contributed by atoms with Crippen molar-refractivity contribution < 1.29 is 9.59 Å². The van der Waals surface area contributed by atoms with E-state index in [-0.39, 0.29) is 17.2 Å². The molecular weight excluding hydrogens is 260 g/mol. The van der Waals surface area contributed by atoms with Crippen LogP contribution in [0.2, 0.25) is 0 Å². The summed E-state index contributed by atoms with van der Waals surface area (Å²) in [5.41, 5.74) is 0.914. The summed E-state index contributed by atoms with van der Waals surface area (Å²) < 4.78 is 0. The SMILES string of the molecule is CN1CC2(CCN(C(=O)c3ccsc3)CC2)CC1=O. The zero-order valence-corrected chi connectivity index (χ0v) is 11.9. The van der Waals surface area contributed by atoms with E-state index in [1.54, 1.807) is 11.3 Å². The fraction of sp³-hybridized carbons (Fsp3) is 0.571. The van der Waals surface area contributed by atoms with Crippen LogP contribution in [-0.2, 0) is 4.79 Å². The second-order valence-electron chi connectivity index (χ2n) is 5.73. The monoisotopic (exact) mass is 278 g/mol. The molecule has 0 aromatic carbocycles. The Morgan fingerprint density at radius 3 is 2.63 bits per heavy atom. The predicted molar refractivity (Wildman–Crippen MR) is 74.1 cm³/mol. The van der Waals surface area contributed by atoms with Crippen molar-refractivity contribution in [2.75, 3.05) is 26.7 Å². The standard InChI is InChI=1S/C14H18N2O2S/c1-15-10-14(8-12(15)17)3-5-16(6-4-14)13(18)11-2-7-19-9-11/h2,7,9H,3-6,8,10H2,1H3. The van der Waals surface area contributed by atoms with Crippen molar-refractivity contribution in [3.63, 3.8) is 0 Å². The lowest BCUT2D eigenvalue weighted by Gasteiger charge is -2.38. The van der Waals surface area contributed by atoms with Crippen molar-refractivity contribution >= 4 is 23.2 Å². The third-order valence-corrected chi connectivity index (χ3v) is 5.09. The van der Waals surface area contributed by atoms with Crippen LogP contribution in [0.5, 0.6) is 0 Å². The highest BCUT2D eigenvalue weighted by Crippen LogP contribution is 2.40. The Kier molecular flexibility index (Phi) is 3.09. The van der Waals surface area contributed by atoms with Crippen molar-refractivity contribution in [1.82, 2.24) is 9.80 Å². The van der Waals surface area contributed by atoms with E-state index in [9.17, 15) is 9.59 Å². The van der Waals surface area contributed by atoms with E-state index >= 15 is 0 Å². The van der Waals surface area contributed by atoms with Gasteiger partial charge in [0.1, 0.15) is 0 Å². The van der Waals surface area contributed by atoms with Gasteiger partial charge in [-0.05, 0) is 24.3 Å². The van der Waals surface area contributed by atoms with Gasteiger partial charge in [-0.3, -0.25) is 9.59 Å². The molecule has 2 saturated heterocycles. The molecule has 102 valence electrons. The van der Waals surface area contributed by atoms with Gasteiger partial charge in [-0.25, -0.2) is 0 Å². The molecule has 0 bridgehead atoms. The van der Waals surface area contributed by atoms with Gasteiger partial charge in [0.25, 0.3) is 5.91 Å². The highest BCUT2D eigenvalue weighted by Gasteiger charge is 2.44. The van der Waals surface area contributed by atoms with E-state index in [0.717, 1.165) is 38.0 Å². The molecule has 1 spiro atoms. The maximum Gasteiger partial charge on any atom is 0.254 e. The van der Waals surface area contributed by atoms with Gasteiger partial charge in [-0.15, -0.1) is 0 Å². The number of thiophene rings is 1. The summed E-state index contributed by atoms with van der Waals surface area (Å²) >= 11 is 1.55. The molecule has 0 radical (unpaired) electrons. The van der Waals surface area contributed by atoms with Gasteiger partial charge in [0.05, 0.1) is 5.56 Å². The van der Waals surface area contributed by atoms with Crippen LogP contribution in [0, 0.1) is 5.41 Å². The molecule has 0 saturated carbocycles. The first-order chi connectivity index (χ1) is 9.10. The van der Waals surface area contributed by atoms with Crippen LogP contribution in [-0.4, -0.2) is 48.3 Å². The maximum absolute atomic E-state index is 12.2. The van der Waals surface area contributed by atoms with Gasteiger partial charge >= 0.3 is 0 Å². The Bertz CT molecular complexity index is 490. The summed E-state index contributed by atoms with van der Waals surface area (Å²) in [6, 6.07) is 1.88. The molecule has 3 heterocycles. The number of piperidine rings is 1. The van der Waals surface area contributed by atoms with Gasteiger partial charge in [0.2, 0.25) is 5.91 Å². The quantitative estimate of drug-likeness (QED) is 0.786. The first-order valence-corrected chi connectivity index (χ1v) is 7.59. The molecule has 1 aromatic rings. The third kappa shape index (κ3) is 2.27. The molecule has 2 aliphatic rings. The van der Waals surface area contributed by atoms with Crippen molar-refractivity contribution in [2.24, 2.45) is 5.41 Å². The number of carbonyl (C=O) groups is 2. The minimum absolute atomic E-state index is 0.122. The van der Waals surface area contributed by atoms with Crippen molar-refractivity contribution in [3.8, 4) is 0 Å². The van der Waals surface area contributed by atoms with Crippen LogP contribution in [0.15, 0.2) is 16.8 Å². The molecule has 2 amide bonds. The molecule has 0 N–H and O–H groups in total. The fourth-order valence-electron chi connectivity index (χ4n) is 3.19. The summed E-state index contributed by atoms with van der Waals surface area (Å²) in [4.78, 5) is 27.7. The average molecular weight is 278 g/mol. The van der Waals surface area contributed by atoms with E-state index < -0.39 is 0 Å². The van der Waals surface area contributed by atoms with Crippen molar-refractivity contribution in [2.45, 2.75) is 19.3 Å². The Hall–Kier alpha value is -1.36. The summed E-state index contributed by atoms with van der Waals surface area (Å²) in [7, 11) is 1.87. The molecular formula is C14H18N2O2S. The van der Waals surface area contributed by atoms with Gasteiger partial charge in [0.15, 0.2) is 0 Å². The number of nitrogens with zero attached hydrogens (tertiary/aromatic N) is 2. The van der Waals surface area contributed by atoms with Crippen LogP contribution in [0.1, 0.15) is 29.6 Å². The molecule has 2 fully saturated rings. The van der Waals surface area contributed by atoms with Crippen molar-refractivity contribution in [3.05, 3.63) is 22.4 Å². The fourth-order valence-corrected chi connectivity index (χ4v) is 3.82. The molecule has 0 unspecified atom stereocenters. The van der Waals surface area contributed by atoms with Gasteiger partial charge in [-0.2, -0.15) is 11.3 Å². The second-order valence-corrected chi connectivity index (χ2v) is 6.51. The van der Waals surface area contributed by atoms with Crippen LogP contribution in [0.3, 0.4) is 0 Å². The molecule has 3 rings (SSSR count). The molecule has 0 atom stereocenters. The summed E-state index contributed by atoms with van der Waals surface area (Å²) in [6.07, 6.45) is 2.54. The zero-order chi connectivity index (χ0) is 13.5. The van der Waals surface area contributed by atoms with E-state index in [1.807, 2.05) is 33.7 Å². The molecule has 19 heavy (non-hydrogen) atoms. The maximum atomic E-state index is 12.2. The highest BCUT2D eigenvalue weighted by atomic mass is 32.1. The van der Waals surface area contributed by atoms with Gasteiger partial charge in [0, 0.05) is 43.9 Å². The molecule has 1 aromatic heterocycles. The zero-order valence-electron chi connectivity index (χ0n) is 11.1. The highest BCUT2D eigenvalue weighted by molar-refractivity contribution is 7.08. The summed E-state index contributed by atoms with van der Waals surface area (Å²) in [5, 5.41) is 3.84. The molecule has 4 nitrogen and oxygen atoms in total. The topological polar surface area (TPSA) is 40.6 Å². The first-order valence-electron chi connectivity index (χ1n) is 6.65. The number of carbonyl (C=O) groups excluding carboxylic acids is 2. The third-order valence-electron chi connectivity index (χ3n) is 4.40. The summed E-state index contributed by atoms with van der Waals surface area (Å²) in [5.74, 6) is 0.381. The van der Waals surface area contributed by atoms with Gasteiger partial charge in [-0.1, -0.05) is 0 Å². The minimum atomic E-state index is 0.122. The van der Waals surface area contributed by atoms with E-state index in [4.69, 9.17) is 0 Å². The Morgan fingerprint density at radius 2 is 2.11 bits per heavy atom. The van der Waals surface area contributed by atoms with E-state index in [1.165, 1.54) is 0 Å². The van der Waals surface area contributed by atoms with Crippen LogP contribution >= 0.6 is 11.3 Å². The number of hydrogen-bond acceptors (Lipinski definition) is 3. The minimum Gasteiger partial charge on any atom is -0.345 e. The number of rotatable bonds is 1. The molecule has 2 aliphatic heterocycles. The Morgan fingerprint density at radius 1 is 1.37 bits per heavy atom. The number of hydrogen-bond donors (Lipinski definition) is 0. The number of likely N-dealkylation sites (tertiary alicyclic amines) is 2. The lowest BCUT2D eigenvalue weighted by atomic mass is 9.77. The Balaban J connectivity index is 1.64. The van der Waals surface area contributed by atoms with Crippen LogP contribution in [0.25, 0.3) is 0 Å². The van der Waals surface area contributed by atoms with Crippen LogP contribution < -0.4 is 0 Å². The Labute approximate surface area is 117 Å². The molecule has 5 heteroatoms. The predicted octanol–water partition coefficient (Wildman–Crippen LogP) is 1.83. The first kappa shape index (κ1) is 12.7. The number of amides is 2. The smallest absolute Gasteiger partial charge is 0.254 e. The van der Waals surface area contributed by atoms with Crippen molar-refractivity contribution in [1.29, 1.82) is 0 Å². The van der Waals surface area contributed by atoms with Crippen LogP contribution in [0.4, 0.5) is 0 Å². The molecule has 0 aliphatic carbocycles. The average Bonchev–Trinajstić information content (AvgIpc) is 3.00. The second kappa shape index (κ2) is 4.63. The lowest BCUT2D eigenvalue weighted by Crippen LogP contribution is -2.44. The largest absolute Gasteiger partial charge is 0.345 e. The van der Waals surface area contributed by atoms with E-state index in [0.29, 0.717) is 6.42 Å². The van der Waals surface area contributed by atoms with Gasteiger partial charge < -0.3 is 9.80 Å². The summed E-state index contributed by atoms with van der Waals surface area (Å²) in [6.45, 7) is 2.40. The van der Waals surface area contributed by atoms with E-state index in [2.05, 4.69) is 0 Å².